The topological polar surface area (TPSA) is 238 Å². The number of aryl methyl sites for hydroxylation is 2. The zero-order valence-corrected chi connectivity index (χ0v) is 34.9. The second-order valence-electron chi connectivity index (χ2n) is 15.0. The van der Waals surface area contributed by atoms with Crippen LogP contribution >= 0.6 is 0 Å². The highest BCUT2D eigenvalue weighted by atomic mass is 16.5. The molecule has 3 amide bonds. The zero-order valence-electron chi connectivity index (χ0n) is 34.9. The van der Waals surface area contributed by atoms with Crippen LogP contribution in [0.3, 0.4) is 0 Å². The largest absolute Gasteiger partial charge is 0.464 e. The number of ether oxygens (including phenoxy) is 1. The van der Waals surface area contributed by atoms with Crippen molar-refractivity contribution < 1.29 is 34.1 Å². The Morgan fingerprint density at radius 3 is 1.52 bits per heavy atom. The fraction of sp³-hybridized carbons (Fsp3) is 0.261. The van der Waals surface area contributed by atoms with Crippen LogP contribution < -0.4 is 5.73 Å². The molecular formula is C46H45N11O7. The van der Waals surface area contributed by atoms with E-state index in [4.69, 9.17) is 10.5 Å². The molecule has 2 fully saturated rings. The standard InChI is InChI=1S/C23H21N5O4.C22H20N6O3.CH4/c1-15-13-24-28(14-15)19-12-18(21(29)32-3)25-20(26-19)17-6-4-5-16(11-17)7-8-23(31)9-10-27(2)22(23)30;1-14-12-24-28(13-14)18-11-17(19(23)29)25-20(26-18)16-5-3-4-15(10-16)6-7-22(31)8-9-27(2)21(22)30;/h4-6,11-14,31H,9-10H2,1-3H3;3-5,10-13,31H,8-9H2,1-2H3,(H2,23,29);1H4/t23-;22-;/m00./s1. The molecule has 6 heterocycles. The van der Waals surface area contributed by atoms with Crippen molar-refractivity contribution in [1.29, 1.82) is 0 Å². The summed E-state index contributed by atoms with van der Waals surface area (Å²) in [7, 11) is 4.54. The van der Waals surface area contributed by atoms with E-state index in [1.807, 2.05) is 13.8 Å². The Hall–Kier alpha value is -8.06. The van der Waals surface area contributed by atoms with E-state index in [2.05, 4.69) is 53.8 Å². The predicted octanol–water partition coefficient (Wildman–Crippen LogP) is 2.69. The van der Waals surface area contributed by atoms with Crippen LogP contribution in [-0.2, 0) is 14.3 Å². The summed E-state index contributed by atoms with van der Waals surface area (Å²) >= 11 is 0. The van der Waals surface area contributed by atoms with E-state index in [0.717, 1.165) is 11.1 Å². The molecule has 0 bridgehead atoms. The summed E-state index contributed by atoms with van der Waals surface area (Å²) in [6, 6.07) is 17.0. The first-order valence-electron chi connectivity index (χ1n) is 19.5. The molecule has 2 atom stereocenters. The molecule has 18 nitrogen and oxygen atoms in total. The number of esters is 1. The first-order chi connectivity index (χ1) is 30.0. The molecule has 18 heteroatoms. The molecule has 2 saturated heterocycles. The van der Waals surface area contributed by atoms with E-state index in [1.54, 1.807) is 92.1 Å². The van der Waals surface area contributed by atoms with E-state index < -0.39 is 34.9 Å². The maximum absolute atomic E-state index is 12.2. The maximum Gasteiger partial charge on any atom is 0.356 e. The number of benzene rings is 2. The molecule has 2 aliphatic rings. The van der Waals surface area contributed by atoms with Gasteiger partial charge in [0.1, 0.15) is 5.69 Å². The summed E-state index contributed by atoms with van der Waals surface area (Å²) in [5, 5.41) is 29.5. The van der Waals surface area contributed by atoms with Crippen LogP contribution in [-0.4, -0.2) is 129 Å². The lowest BCUT2D eigenvalue weighted by atomic mass is 10.0. The van der Waals surface area contributed by atoms with Crippen molar-refractivity contribution in [2.24, 2.45) is 5.73 Å². The number of nitrogens with zero attached hydrogens (tertiary/aromatic N) is 10. The Balaban J connectivity index is 0.000000209. The molecule has 64 heavy (non-hydrogen) atoms. The van der Waals surface area contributed by atoms with Crippen LogP contribution in [0.4, 0.5) is 0 Å². The van der Waals surface area contributed by atoms with E-state index in [-0.39, 0.29) is 43.3 Å². The third-order valence-electron chi connectivity index (χ3n) is 10.1. The molecule has 8 rings (SSSR count). The molecular weight excluding hydrogens is 819 g/mol. The summed E-state index contributed by atoms with van der Waals surface area (Å²) < 4.78 is 7.91. The van der Waals surface area contributed by atoms with Crippen LogP contribution in [0.5, 0.6) is 0 Å². The van der Waals surface area contributed by atoms with Gasteiger partial charge in [0.05, 0.1) is 19.5 Å². The van der Waals surface area contributed by atoms with Gasteiger partial charge < -0.3 is 30.5 Å². The van der Waals surface area contributed by atoms with Crippen molar-refractivity contribution in [2.75, 3.05) is 34.3 Å². The number of aliphatic hydroxyl groups is 2. The van der Waals surface area contributed by atoms with Gasteiger partial charge >= 0.3 is 5.97 Å². The van der Waals surface area contributed by atoms with Crippen molar-refractivity contribution >= 4 is 23.7 Å². The van der Waals surface area contributed by atoms with Crippen LogP contribution in [0.2, 0.25) is 0 Å². The van der Waals surface area contributed by atoms with Gasteiger partial charge in [0, 0.05) is 86.8 Å². The molecule has 0 unspecified atom stereocenters. The number of hydrogen-bond acceptors (Lipinski definition) is 13. The Morgan fingerprint density at radius 1 is 0.703 bits per heavy atom. The molecule has 0 spiro atoms. The van der Waals surface area contributed by atoms with Crippen LogP contribution in [0, 0.1) is 37.5 Å². The Labute approximate surface area is 368 Å². The number of amides is 3. The highest BCUT2D eigenvalue weighted by Crippen LogP contribution is 2.24. The van der Waals surface area contributed by atoms with E-state index in [9.17, 15) is 29.4 Å². The third-order valence-corrected chi connectivity index (χ3v) is 10.1. The Bertz CT molecular complexity index is 2920. The van der Waals surface area contributed by atoms with Crippen LogP contribution in [0.25, 0.3) is 34.4 Å². The van der Waals surface area contributed by atoms with Gasteiger partial charge in [-0.1, -0.05) is 55.4 Å². The van der Waals surface area contributed by atoms with Crippen LogP contribution in [0.15, 0.2) is 85.5 Å². The molecule has 326 valence electrons. The van der Waals surface area contributed by atoms with Crippen molar-refractivity contribution in [2.45, 2.75) is 45.3 Å². The maximum atomic E-state index is 12.2. The van der Waals surface area contributed by atoms with Crippen molar-refractivity contribution in [3.63, 3.8) is 0 Å². The van der Waals surface area contributed by atoms with Gasteiger partial charge in [0.15, 0.2) is 29.0 Å². The van der Waals surface area contributed by atoms with Gasteiger partial charge in [-0.2, -0.15) is 10.2 Å². The number of carbonyl (C=O) groups is 4. The van der Waals surface area contributed by atoms with E-state index >= 15 is 0 Å². The molecule has 4 N–H and O–H groups in total. The third kappa shape index (κ3) is 9.84. The lowest BCUT2D eigenvalue weighted by Gasteiger charge is -2.13. The monoisotopic (exact) mass is 863 g/mol. The van der Waals surface area contributed by atoms with E-state index in [1.165, 1.54) is 33.7 Å². The van der Waals surface area contributed by atoms with Crippen molar-refractivity contribution in [1.82, 2.24) is 49.3 Å². The molecule has 2 aliphatic heterocycles. The number of hydrogen-bond donors (Lipinski definition) is 3. The molecule has 6 aromatic rings. The van der Waals surface area contributed by atoms with Gasteiger partial charge in [-0.3, -0.25) is 14.4 Å². The van der Waals surface area contributed by atoms with Gasteiger partial charge in [0.2, 0.25) is 11.2 Å². The zero-order chi connectivity index (χ0) is 45.1. The molecule has 0 saturated carbocycles. The summed E-state index contributed by atoms with van der Waals surface area (Å²) in [4.78, 5) is 68.8. The normalized spacial score (nSPS) is 17.6. The second kappa shape index (κ2) is 18.5. The number of methoxy groups -OCH3 is 1. The fourth-order valence-electron chi connectivity index (χ4n) is 6.54. The number of rotatable bonds is 6. The minimum atomic E-state index is -1.68. The summed E-state index contributed by atoms with van der Waals surface area (Å²) in [6.07, 6.45) is 7.43. The Morgan fingerprint density at radius 2 is 1.14 bits per heavy atom. The molecule has 2 aromatic carbocycles. The summed E-state index contributed by atoms with van der Waals surface area (Å²) in [6.45, 7) is 4.70. The summed E-state index contributed by atoms with van der Waals surface area (Å²) in [5.74, 6) is 10.4. The second-order valence-corrected chi connectivity index (χ2v) is 15.0. The number of likely N-dealkylation sites (N-methyl/N-ethyl adjacent to an activating group) is 2. The molecule has 0 aliphatic carbocycles. The van der Waals surface area contributed by atoms with Crippen molar-refractivity contribution in [3.05, 3.63) is 119 Å². The highest BCUT2D eigenvalue weighted by molar-refractivity contribution is 5.92. The predicted molar refractivity (Wildman–Crippen MR) is 233 cm³/mol. The van der Waals surface area contributed by atoms with Gasteiger partial charge in [-0.05, 0) is 49.2 Å². The SMILES string of the molecule is C.COC(=O)c1cc(-n2cc(C)cn2)nc(-c2cccc(C#C[C@]3(O)CCN(C)C3=O)c2)n1.Cc1cnn(-c2cc(C(N)=O)nc(-c3cccc(C#C[C@]4(O)CCN(C)C4=O)c3)n2)c1. The minimum Gasteiger partial charge on any atom is -0.464 e. The lowest BCUT2D eigenvalue weighted by molar-refractivity contribution is -0.138. The molecule has 4 aromatic heterocycles. The summed E-state index contributed by atoms with van der Waals surface area (Å²) in [5.41, 5.74) is 6.45. The first-order valence-corrected chi connectivity index (χ1v) is 19.5. The lowest BCUT2D eigenvalue weighted by Crippen LogP contribution is -2.37. The number of likely N-dealkylation sites (tertiary alicyclic amines) is 2. The van der Waals surface area contributed by atoms with Crippen LogP contribution in [0.1, 0.15) is 63.5 Å². The quantitative estimate of drug-likeness (QED) is 0.162. The van der Waals surface area contributed by atoms with Gasteiger partial charge in [-0.25, -0.2) is 34.1 Å². The fourth-order valence-corrected chi connectivity index (χ4v) is 6.54. The van der Waals surface area contributed by atoms with Crippen molar-refractivity contribution in [3.8, 4) is 58.1 Å². The molecule has 0 radical (unpaired) electrons. The minimum absolute atomic E-state index is 0. The number of carbonyl (C=O) groups excluding carboxylic acids is 4. The van der Waals surface area contributed by atoms with E-state index in [0.29, 0.717) is 47.0 Å². The average Bonchev–Trinajstić information content (AvgIpc) is 4.06. The first kappa shape index (κ1) is 45.5. The Kier molecular flexibility index (Phi) is 13.1. The number of nitrogens with two attached hydrogens (primary N) is 1. The number of aromatic nitrogens is 8. The average molecular weight is 864 g/mol. The van der Waals surface area contributed by atoms with Gasteiger partial charge in [0.25, 0.3) is 17.7 Å². The number of primary amides is 1. The highest BCUT2D eigenvalue weighted by Gasteiger charge is 2.43. The smallest absolute Gasteiger partial charge is 0.356 e. The van der Waals surface area contributed by atoms with Gasteiger partial charge in [-0.15, -0.1) is 0 Å².